The second kappa shape index (κ2) is 6.64. The van der Waals surface area contributed by atoms with Crippen LogP contribution in [0.4, 0.5) is 25.0 Å². The molecular formula is C17H20F2N4O3. The average Bonchev–Trinajstić information content (AvgIpc) is 3.29. The van der Waals surface area contributed by atoms with Gasteiger partial charge in [-0.1, -0.05) is 0 Å². The van der Waals surface area contributed by atoms with Gasteiger partial charge in [-0.15, -0.1) is 0 Å². The van der Waals surface area contributed by atoms with Crippen molar-refractivity contribution in [3.63, 3.8) is 0 Å². The highest BCUT2D eigenvalue weighted by Gasteiger charge is 2.43. The van der Waals surface area contributed by atoms with E-state index in [9.17, 15) is 13.6 Å². The number of rotatable bonds is 5. The second-order valence-corrected chi connectivity index (χ2v) is 6.57. The quantitative estimate of drug-likeness (QED) is 0.825. The number of cyclic esters (lactones) is 1. The Labute approximate surface area is 149 Å². The molecular weight excluding hydrogens is 346 g/mol. The molecule has 3 atom stereocenters. The summed E-state index contributed by atoms with van der Waals surface area (Å²) in [5.74, 6) is -1.41. The molecule has 0 saturated carbocycles. The Balaban J connectivity index is 1.54. The standard InChI is InChI=1S/C17H20F2N4O3/c18-13-5-11(22-8-12(26-17(22)24)7-21-4-3-20)6-14(19)16(13)23-10-1-2-15(23)25-9-10/h3-6,10,12,15,21H,1-2,7-9,20H2/b4-3-/t10?,12-,15?/m0/s1. The summed E-state index contributed by atoms with van der Waals surface area (Å²) in [5, 5.41) is 2.88. The molecule has 4 rings (SSSR count). The van der Waals surface area contributed by atoms with Crippen LogP contribution < -0.4 is 20.9 Å². The minimum atomic E-state index is -0.706. The van der Waals surface area contributed by atoms with Gasteiger partial charge in [0.25, 0.3) is 0 Å². The van der Waals surface area contributed by atoms with Crippen molar-refractivity contribution in [2.24, 2.45) is 5.73 Å². The Hall–Kier alpha value is -2.55. The fraction of sp³-hybridized carbons (Fsp3) is 0.471. The first-order valence-electron chi connectivity index (χ1n) is 8.55. The van der Waals surface area contributed by atoms with E-state index in [0.717, 1.165) is 12.8 Å². The van der Waals surface area contributed by atoms with Gasteiger partial charge in [-0.2, -0.15) is 0 Å². The first-order valence-corrected chi connectivity index (χ1v) is 8.55. The Morgan fingerprint density at radius 1 is 1.31 bits per heavy atom. The van der Waals surface area contributed by atoms with Crippen LogP contribution in [0, 0.1) is 11.6 Å². The van der Waals surface area contributed by atoms with E-state index in [2.05, 4.69) is 5.32 Å². The Morgan fingerprint density at radius 3 is 2.65 bits per heavy atom. The summed E-state index contributed by atoms with van der Waals surface area (Å²) in [6.07, 6.45) is 3.12. The summed E-state index contributed by atoms with van der Waals surface area (Å²) < 4.78 is 40.2. The van der Waals surface area contributed by atoms with Gasteiger partial charge in [0, 0.05) is 24.5 Å². The van der Waals surface area contributed by atoms with Crippen LogP contribution in [0.5, 0.6) is 0 Å². The molecule has 3 heterocycles. The fourth-order valence-electron chi connectivity index (χ4n) is 3.79. The maximum Gasteiger partial charge on any atom is 0.414 e. The van der Waals surface area contributed by atoms with Gasteiger partial charge in [0.1, 0.15) is 18.0 Å². The van der Waals surface area contributed by atoms with Crippen molar-refractivity contribution in [3.05, 3.63) is 36.2 Å². The van der Waals surface area contributed by atoms with E-state index in [1.165, 1.54) is 29.4 Å². The summed E-state index contributed by atoms with van der Waals surface area (Å²) in [5.41, 5.74) is 5.28. The summed E-state index contributed by atoms with van der Waals surface area (Å²) in [4.78, 5) is 14.9. The number of nitrogens with one attached hydrogen (secondary N) is 1. The van der Waals surface area contributed by atoms with Gasteiger partial charge in [-0.05, 0) is 12.8 Å². The first kappa shape index (κ1) is 16.9. The molecule has 7 nitrogen and oxygen atoms in total. The van der Waals surface area contributed by atoms with Crippen molar-refractivity contribution in [1.82, 2.24) is 5.32 Å². The van der Waals surface area contributed by atoms with Crippen LogP contribution >= 0.6 is 0 Å². The number of ether oxygens (including phenoxy) is 2. The zero-order chi connectivity index (χ0) is 18.3. The van der Waals surface area contributed by atoms with Crippen molar-refractivity contribution in [3.8, 4) is 0 Å². The lowest BCUT2D eigenvalue weighted by atomic mass is 10.2. The topological polar surface area (TPSA) is 80.1 Å². The molecule has 0 aromatic heterocycles. The molecule has 1 aromatic carbocycles. The van der Waals surface area contributed by atoms with Gasteiger partial charge in [0.2, 0.25) is 0 Å². The zero-order valence-electron chi connectivity index (χ0n) is 14.0. The Bertz CT molecular complexity index is 702. The molecule has 0 spiro atoms. The lowest BCUT2D eigenvalue weighted by Gasteiger charge is -2.24. The van der Waals surface area contributed by atoms with Gasteiger partial charge in [-0.3, -0.25) is 4.90 Å². The predicted molar refractivity (Wildman–Crippen MR) is 90.5 cm³/mol. The number of fused-ring (bicyclic) bond motifs is 2. The third-order valence-corrected chi connectivity index (χ3v) is 4.94. The van der Waals surface area contributed by atoms with Crippen LogP contribution in [0.15, 0.2) is 24.5 Å². The van der Waals surface area contributed by atoms with Gasteiger partial charge in [0.05, 0.1) is 31.4 Å². The minimum absolute atomic E-state index is 0.00217. The molecule has 9 heteroatoms. The summed E-state index contributed by atoms with van der Waals surface area (Å²) >= 11 is 0. The third kappa shape index (κ3) is 2.82. The van der Waals surface area contributed by atoms with Crippen LogP contribution in [0.1, 0.15) is 12.8 Å². The summed E-state index contributed by atoms with van der Waals surface area (Å²) in [7, 11) is 0. The molecule has 3 aliphatic rings. The normalized spacial score (nSPS) is 27.6. The molecule has 140 valence electrons. The fourth-order valence-corrected chi connectivity index (χ4v) is 3.79. The number of carbonyl (C=O) groups is 1. The van der Waals surface area contributed by atoms with Crippen LogP contribution in [-0.2, 0) is 9.47 Å². The molecule has 2 bridgehead atoms. The van der Waals surface area contributed by atoms with Crippen LogP contribution in [0.3, 0.4) is 0 Å². The van der Waals surface area contributed by atoms with E-state index in [-0.39, 0.29) is 30.2 Å². The molecule has 1 amide bonds. The lowest BCUT2D eigenvalue weighted by molar-refractivity contribution is 0.0856. The van der Waals surface area contributed by atoms with Crippen molar-refractivity contribution in [2.45, 2.75) is 31.2 Å². The largest absolute Gasteiger partial charge is 0.442 e. The monoisotopic (exact) mass is 366 g/mol. The van der Waals surface area contributed by atoms with Gasteiger partial charge in [0.15, 0.2) is 11.6 Å². The molecule has 0 aliphatic carbocycles. The highest BCUT2D eigenvalue weighted by atomic mass is 19.1. The van der Waals surface area contributed by atoms with Crippen LogP contribution in [0.25, 0.3) is 0 Å². The van der Waals surface area contributed by atoms with Crippen molar-refractivity contribution >= 4 is 17.5 Å². The number of hydrogen-bond acceptors (Lipinski definition) is 6. The van der Waals surface area contributed by atoms with Crippen molar-refractivity contribution in [2.75, 3.05) is 29.5 Å². The van der Waals surface area contributed by atoms with Gasteiger partial charge < -0.3 is 25.4 Å². The number of benzene rings is 1. The molecule has 2 unspecified atom stereocenters. The highest BCUT2D eigenvalue weighted by Crippen LogP contribution is 2.40. The van der Waals surface area contributed by atoms with E-state index in [4.69, 9.17) is 15.2 Å². The second-order valence-electron chi connectivity index (χ2n) is 6.57. The number of anilines is 2. The zero-order valence-corrected chi connectivity index (χ0v) is 14.0. The van der Waals surface area contributed by atoms with Gasteiger partial charge >= 0.3 is 6.09 Å². The molecule has 3 saturated heterocycles. The maximum absolute atomic E-state index is 14.7. The molecule has 0 radical (unpaired) electrons. The Kier molecular flexibility index (Phi) is 4.31. The average molecular weight is 366 g/mol. The summed E-state index contributed by atoms with van der Waals surface area (Å²) in [6.45, 7) is 1.03. The van der Waals surface area contributed by atoms with Crippen LogP contribution in [-0.4, -0.2) is 44.2 Å². The maximum atomic E-state index is 14.7. The van der Waals surface area contributed by atoms with E-state index in [1.807, 2.05) is 0 Å². The molecule has 26 heavy (non-hydrogen) atoms. The first-order chi connectivity index (χ1) is 12.6. The number of nitrogens with two attached hydrogens (primary N) is 1. The molecule has 3 N–H and O–H groups in total. The Morgan fingerprint density at radius 2 is 2.08 bits per heavy atom. The smallest absolute Gasteiger partial charge is 0.414 e. The van der Waals surface area contributed by atoms with Gasteiger partial charge in [-0.25, -0.2) is 13.6 Å². The predicted octanol–water partition coefficient (Wildman–Crippen LogP) is 1.63. The number of hydrogen-bond donors (Lipinski definition) is 2. The van der Waals surface area contributed by atoms with E-state index in [0.29, 0.717) is 13.2 Å². The number of amides is 1. The van der Waals surface area contributed by atoms with E-state index in [1.54, 1.807) is 4.90 Å². The van der Waals surface area contributed by atoms with E-state index < -0.39 is 23.8 Å². The lowest BCUT2D eigenvalue weighted by Crippen LogP contribution is -2.32. The number of halogens is 2. The SMILES string of the molecule is N/C=C\NC[C@H]1CN(c2cc(F)c(N3C4CCC3OC4)c(F)c2)C(=O)O1. The van der Waals surface area contributed by atoms with Crippen LogP contribution in [0.2, 0.25) is 0 Å². The third-order valence-electron chi connectivity index (χ3n) is 4.94. The molecule has 3 aliphatic heterocycles. The molecule has 1 aromatic rings. The van der Waals surface area contributed by atoms with Crippen molar-refractivity contribution in [1.29, 1.82) is 0 Å². The minimum Gasteiger partial charge on any atom is -0.442 e. The van der Waals surface area contributed by atoms with E-state index >= 15 is 0 Å². The number of nitrogens with zero attached hydrogens (tertiary/aromatic N) is 2. The highest BCUT2D eigenvalue weighted by molar-refractivity contribution is 5.90. The molecule has 3 fully saturated rings. The number of carbonyl (C=O) groups excluding carboxylic acids is 1. The summed E-state index contributed by atoms with van der Waals surface area (Å²) in [6, 6.07) is 2.35. The van der Waals surface area contributed by atoms with Crippen molar-refractivity contribution < 1.29 is 23.0 Å².